The molecule has 0 atom stereocenters. The number of hydrogen-bond acceptors (Lipinski definition) is 3. The predicted molar refractivity (Wildman–Crippen MR) is 83.4 cm³/mol. The molecule has 0 unspecified atom stereocenters. The summed E-state index contributed by atoms with van der Waals surface area (Å²) in [6, 6.07) is 13.5. The van der Waals surface area contributed by atoms with E-state index in [1.54, 1.807) is 0 Å². The molecule has 0 saturated heterocycles. The van der Waals surface area contributed by atoms with Gasteiger partial charge >= 0.3 is 0 Å². The first kappa shape index (κ1) is 15.4. The van der Waals surface area contributed by atoms with Gasteiger partial charge in [-0.15, -0.1) is 0 Å². The number of aryl methyl sites for hydroxylation is 1. The molecule has 0 saturated carbocycles. The lowest BCUT2D eigenvalue weighted by Gasteiger charge is -2.04. The molecule has 21 heavy (non-hydrogen) atoms. The monoisotopic (exact) mass is 283 g/mol. The number of Topliss-reactive ketones (excluding diaryl/α,β-unsaturated/α-hetero) is 1. The summed E-state index contributed by atoms with van der Waals surface area (Å²) < 4.78 is 5.57. The van der Waals surface area contributed by atoms with Gasteiger partial charge in [0.2, 0.25) is 0 Å². The number of carbonyl (C=O) groups excluding carboxylic acids is 1. The van der Waals surface area contributed by atoms with Crippen LogP contribution in [-0.2, 0) is 11.2 Å². The molecule has 2 aromatic rings. The minimum absolute atomic E-state index is 0.191. The predicted octanol–water partition coefficient (Wildman–Crippen LogP) is 3.69. The summed E-state index contributed by atoms with van der Waals surface area (Å²) in [5.74, 6) is 0.191. The van der Waals surface area contributed by atoms with E-state index in [1.165, 1.54) is 5.56 Å². The zero-order valence-corrected chi connectivity index (χ0v) is 12.2. The van der Waals surface area contributed by atoms with Crippen molar-refractivity contribution >= 4 is 5.78 Å². The maximum Gasteiger partial charge on any atom is 0.162 e. The van der Waals surface area contributed by atoms with Gasteiger partial charge in [0, 0.05) is 37.6 Å². The van der Waals surface area contributed by atoms with E-state index in [0.29, 0.717) is 13.0 Å². The van der Waals surface area contributed by atoms with Crippen LogP contribution in [0.5, 0.6) is 0 Å². The van der Waals surface area contributed by atoms with Gasteiger partial charge in [0.05, 0.1) is 0 Å². The molecule has 0 aliphatic rings. The van der Waals surface area contributed by atoms with E-state index < -0.39 is 0 Å². The zero-order valence-electron chi connectivity index (χ0n) is 12.2. The Morgan fingerprint density at radius 3 is 2.43 bits per heavy atom. The highest BCUT2D eigenvalue weighted by atomic mass is 16.5. The van der Waals surface area contributed by atoms with Crippen LogP contribution in [0.15, 0.2) is 54.9 Å². The molecule has 1 heterocycles. The number of ketones is 1. The average Bonchev–Trinajstić information content (AvgIpc) is 2.55. The van der Waals surface area contributed by atoms with Gasteiger partial charge in [0.25, 0.3) is 0 Å². The van der Waals surface area contributed by atoms with Crippen molar-refractivity contribution in [2.24, 2.45) is 0 Å². The number of hydrogen-bond donors (Lipinski definition) is 0. The van der Waals surface area contributed by atoms with Crippen molar-refractivity contribution in [3.8, 4) is 0 Å². The van der Waals surface area contributed by atoms with Gasteiger partial charge in [-0.1, -0.05) is 30.3 Å². The molecule has 0 aliphatic heterocycles. The lowest BCUT2D eigenvalue weighted by molar-refractivity contribution is 0.0935. The molecular formula is C18H21NO2. The van der Waals surface area contributed by atoms with Crippen LogP contribution >= 0.6 is 0 Å². The van der Waals surface area contributed by atoms with Gasteiger partial charge < -0.3 is 4.74 Å². The zero-order chi connectivity index (χ0) is 14.8. The molecule has 0 aliphatic carbocycles. The van der Waals surface area contributed by atoms with Gasteiger partial charge in [-0.3, -0.25) is 9.78 Å². The Kier molecular flexibility index (Phi) is 6.62. The third-order valence-electron chi connectivity index (χ3n) is 3.29. The Balaban J connectivity index is 1.51. The van der Waals surface area contributed by atoms with Gasteiger partial charge in [-0.25, -0.2) is 0 Å². The summed E-state index contributed by atoms with van der Waals surface area (Å²) in [5, 5.41) is 0. The number of aromatic nitrogens is 1. The molecule has 0 amide bonds. The average molecular weight is 283 g/mol. The van der Waals surface area contributed by atoms with Crippen LogP contribution in [0.4, 0.5) is 0 Å². The largest absolute Gasteiger partial charge is 0.381 e. The third kappa shape index (κ3) is 5.88. The first-order valence-corrected chi connectivity index (χ1v) is 7.41. The quantitative estimate of drug-likeness (QED) is 0.520. The number of rotatable bonds is 9. The number of benzene rings is 1. The Morgan fingerprint density at radius 2 is 1.67 bits per heavy atom. The number of carbonyl (C=O) groups is 1. The van der Waals surface area contributed by atoms with E-state index in [4.69, 9.17) is 4.74 Å². The maximum absolute atomic E-state index is 11.9. The summed E-state index contributed by atoms with van der Waals surface area (Å²) in [5.41, 5.74) is 2.07. The second-order valence-corrected chi connectivity index (χ2v) is 4.96. The normalized spacial score (nSPS) is 10.5. The smallest absolute Gasteiger partial charge is 0.162 e. The number of ether oxygens (including phenoxy) is 1. The van der Waals surface area contributed by atoms with Crippen molar-refractivity contribution in [3.63, 3.8) is 0 Å². The molecule has 0 radical (unpaired) electrons. The fourth-order valence-electron chi connectivity index (χ4n) is 2.13. The maximum atomic E-state index is 11.9. The highest BCUT2D eigenvalue weighted by Gasteiger charge is 2.04. The van der Waals surface area contributed by atoms with E-state index >= 15 is 0 Å². The Hall–Kier alpha value is -2.00. The van der Waals surface area contributed by atoms with E-state index in [9.17, 15) is 4.79 Å². The molecule has 3 heteroatoms. The van der Waals surface area contributed by atoms with Crippen molar-refractivity contribution in [1.29, 1.82) is 0 Å². The lowest BCUT2D eigenvalue weighted by Crippen LogP contribution is -2.03. The first-order chi connectivity index (χ1) is 10.4. The Bertz CT molecular complexity index is 525. The molecule has 110 valence electrons. The van der Waals surface area contributed by atoms with E-state index in [1.807, 2.05) is 54.9 Å². The lowest BCUT2D eigenvalue weighted by atomic mass is 10.1. The van der Waals surface area contributed by atoms with E-state index in [2.05, 4.69) is 4.98 Å². The summed E-state index contributed by atoms with van der Waals surface area (Å²) in [7, 11) is 0. The third-order valence-corrected chi connectivity index (χ3v) is 3.29. The Labute approximate surface area is 126 Å². The van der Waals surface area contributed by atoms with Crippen molar-refractivity contribution in [3.05, 3.63) is 66.0 Å². The first-order valence-electron chi connectivity index (χ1n) is 7.41. The van der Waals surface area contributed by atoms with Crippen LogP contribution in [0.3, 0.4) is 0 Å². The van der Waals surface area contributed by atoms with Gasteiger partial charge in [0.1, 0.15) is 0 Å². The SMILES string of the molecule is O=C(CCCOCCCc1ccncc1)c1ccccc1. The van der Waals surface area contributed by atoms with E-state index in [-0.39, 0.29) is 5.78 Å². The van der Waals surface area contributed by atoms with Crippen LogP contribution < -0.4 is 0 Å². The topological polar surface area (TPSA) is 39.2 Å². The number of nitrogens with zero attached hydrogens (tertiary/aromatic N) is 1. The molecule has 0 N–H and O–H groups in total. The molecule has 0 spiro atoms. The van der Waals surface area contributed by atoms with Crippen LogP contribution in [-0.4, -0.2) is 24.0 Å². The second-order valence-electron chi connectivity index (χ2n) is 4.96. The van der Waals surface area contributed by atoms with Crippen LogP contribution in [0, 0.1) is 0 Å². The summed E-state index contributed by atoms with van der Waals surface area (Å²) in [6.07, 6.45) is 6.95. The molecule has 0 bridgehead atoms. The Morgan fingerprint density at radius 1 is 0.952 bits per heavy atom. The fraction of sp³-hybridized carbons (Fsp3) is 0.333. The van der Waals surface area contributed by atoms with Crippen LogP contribution in [0.2, 0.25) is 0 Å². The van der Waals surface area contributed by atoms with Crippen molar-refractivity contribution in [2.45, 2.75) is 25.7 Å². The van der Waals surface area contributed by atoms with Crippen molar-refractivity contribution in [1.82, 2.24) is 4.98 Å². The van der Waals surface area contributed by atoms with Crippen LogP contribution in [0.25, 0.3) is 0 Å². The minimum atomic E-state index is 0.191. The van der Waals surface area contributed by atoms with E-state index in [0.717, 1.165) is 31.4 Å². The molecule has 2 rings (SSSR count). The summed E-state index contributed by atoms with van der Waals surface area (Å²) in [4.78, 5) is 15.8. The van der Waals surface area contributed by atoms with Gasteiger partial charge in [-0.05, 0) is 37.0 Å². The molecular weight excluding hydrogens is 262 g/mol. The van der Waals surface area contributed by atoms with Crippen LogP contribution in [0.1, 0.15) is 35.2 Å². The van der Waals surface area contributed by atoms with Gasteiger partial charge in [-0.2, -0.15) is 0 Å². The van der Waals surface area contributed by atoms with Crippen molar-refractivity contribution in [2.75, 3.05) is 13.2 Å². The summed E-state index contributed by atoms with van der Waals surface area (Å²) >= 11 is 0. The standard InChI is InChI=1S/C18H21NO2/c20-18(17-7-2-1-3-8-17)9-5-15-21-14-4-6-16-10-12-19-13-11-16/h1-3,7-8,10-13H,4-6,9,14-15H2. The fourth-order valence-corrected chi connectivity index (χ4v) is 2.13. The molecule has 3 nitrogen and oxygen atoms in total. The minimum Gasteiger partial charge on any atom is -0.381 e. The summed E-state index contributed by atoms with van der Waals surface area (Å²) in [6.45, 7) is 1.39. The molecule has 1 aromatic heterocycles. The van der Waals surface area contributed by atoms with Gasteiger partial charge in [0.15, 0.2) is 5.78 Å². The highest BCUT2D eigenvalue weighted by molar-refractivity contribution is 5.95. The van der Waals surface area contributed by atoms with Crippen molar-refractivity contribution < 1.29 is 9.53 Å². The molecule has 1 aromatic carbocycles. The number of pyridine rings is 1. The highest BCUT2D eigenvalue weighted by Crippen LogP contribution is 2.05. The second kappa shape index (κ2) is 9.03. The molecule has 0 fully saturated rings.